The fourth-order valence-electron chi connectivity index (χ4n) is 2.10. The lowest BCUT2D eigenvalue weighted by Gasteiger charge is -2.25. The summed E-state index contributed by atoms with van der Waals surface area (Å²) in [5.74, 6) is 1.14. The van der Waals surface area contributed by atoms with Crippen molar-refractivity contribution < 1.29 is 13.2 Å². The van der Waals surface area contributed by atoms with E-state index in [0.29, 0.717) is 12.5 Å². The van der Waals surface area contributed by atoms with Gasteiger partial charge >= 0.3 is 0 Å². The van der Waals surface area contributed by atoms with Crippen LogP contribution in [0.2, 0.25) is 0 Å². The number of primary sulfonamides is 1. The van der Waals surface area contributed by atoms with Crippen LogP contribution in [-0.2, 0) is 10.0 Å². The molecule has 1 rings (SSSR count). The van der Waals surface area contributed by atoms with Crippen LogP contribution in [-0.4, -0.2) is 20.8 Å². The summed E-state index contributed by atoms with van der Waals surface area (Å²) in [5, 5.41) is 5.11. The summed E-state index contributed by atoms with van der Waals surface area (Å²) >= 11 is 0. The quantitative estimate of drug-likeness (QED) is 0.841. The highest BCUT2D eigenvalue weighted by Gasteiger charge is 2.25. The number of rotatable bonds is 7. The third kappa shape index (κ3) is 5.51. The molecule has 1 atom stereocenters. The lowest BCUT2D eigenvalue weighted by atomic mass is 9.96. The van der Waals surface area contributed by atoms with E-state index in [4.69, 9.17) is 9.88 Å². The first-order valence-electron chi connectivity index (χ1n) is 6.87. The molecule has 20 heavy (non-hydrogen) atoms. The molecule has 0 aliphatic rings. The van der Waals surface area contributed by atoms with E-state index in [-0.39, 0.29) is 5.75 Å². The number of para-hydroxylation sites is 1. The number of benzene rings is 1. The van der Waals surface area contributed by atoms with Gasteiger partial charge in [-0.05, 0) is 24.0 Å². The Hall–Kier alpha value is -1.07. The van der Waals surface area contributed by atoms with Gasteiger partial charge in [0, 0.05) is 5.41 Å². The van der Waals surface area contributed by atoms with Crippen molar-refractivity contribution in [1.29, 1.82) is 0 Å². The summed E-state index contributed by atoms with van der Waals surface area (Å²) in [6.45, 7) is 8.27. The SMILES string of the molecule is CCC(C)c1ccccc1OCC(C)(C)CS(N)(=O)=O. The Bertz CT molecular complexity index is 538. The molecular formula is C15H25NO3S. The van der Waals surface area contributed by atoms with Gasteiger partial charge in [0.15, 0.2) is 0 Å². The van der Waals surface area contributed by atoms with Crippen molar-refractivity contribution in [2.75, 3.05) is 12.4 Å². The molecule has 2 N–H and O–H groups in total. The molecule has 1 aromatic rings. The van der Waals surface area contributed by atoms with E-state index >= 15 is 0 Å². The third-order valence-electron chi connectivity index (χ3n) is 3.27. The number of ether oxygens (including phenoxy) is 1. The van der Waals surface area contributed by atoms with Crippen molar-refractivity contribution in [1.82, 2.24) is 0 Å². The van der Waals surface area contributed by atoms with Crippen molar-refractivity contribution in [2.24, 2.45) is 10.6 Å². The molecule has 0 spiro atoms. The third-order valence-corrected chi connectivity index (χ3v) is 4.46. The van der Waals surface area contributed by atoms with E-state index in [9.17, 15) is 8.42 Å². The molecule has 114 valence electrons. The molecule has 0 bridgehead atoms. The van der Waals surface area contributed by atoms with E-state index < -0.39 is 15.4 Å². The number of hydrogen-bond donors (Lipinski definition) is 1. The molecule has 5 heteroatoms. The van der Waals surface area contributed by atoms with E-state index in [1.54, 1.807) is 0 Å². The van der Waals surface area contributed by atoms with Gasteiger partial charge in [0.2, 0.25) is 10.0 Å². The van der Waals surface area contributed by atoms with Crippen molar-refractivity contribution in [2.45, 2.75) is 40.0 Å². The molecule has 0 saturated carbocycles. The second-order valence-electron chi connectivity index (χ2n) is 6.11. The standard InChI is InChI=1S/C15H25NO3S/c1-5-12(2)13-8-6-7-9-14(13)19-10-15(3,4)11-20(16,17)18/h6-9,12H,5,10-11H2,1-4H3,(H2,16,17,18). The van der Waals surface area contributed by atoms with Gasteiger partial charge in [0.25, 0.3) is 0 Å². The van der Waals surface area contributed by atoms with Crippen molar-refractivity contribution in [3.63, 3.8) is 0 Å². The van der Waals surface area contributed by atoms with Gasteiger partial charge in [-0.3, -0.25) is 0 Å². The normalized spacial score (nSPS) is 14.1. The maximum Gasteiger partial charge on any atom is 0.209 e. The van der Waals surface area contributed by atoms with Gasteiger partial charge in [-0.2, -0.15) is 0 Å². The molecule has 0 heterocycles. The molecule has 0 radical (unpaired) electrons. The molecule has 0 fully saturated rings. The molecule has 0 aromatic heterocycles. The Morgan fingerprint density at radius 2 is 1.90 bits per heavy atom. The largest absolute Gasteiger partial charge is 0.493 e. The minimum Gasteiger partial charge on any atom is -0.493 e. The zero-order valence-electron chi connectivity index (χ0n) is 12.7. The van der Waals surface area contributed by atoms with E-state index in [1.807, 2.05) is 32.0 Å². The van der Waals surface area contributed by atoms with Gasteiger partial charge in [0.05, 0.1) is 12.4 Å². The van der Waals surface area contributed by atoms with Crippen LogP contribution in [0.1, 0.15) is 45.6 Å². The van der Waals surface area contributed by atoms with Gasteiger partial charge in [0.1, 0.15) is 5.75 Å². The molecule has 1 aromatic carbocycles. The van der Waals surface area contributed by atoms with E-state index in [2.05, 4.69) is 19.9 Å². The summed E-state index contributed by atoms with van der Waals surface area (Å²) in [7, 11) is -3.50. The highest BCUT2D eigenvalue weighted by atomic mass is 32.2. The first-order valence-corrected chi connectivity index (χ1v) is 8.58. The maximum atomic E-state index is 11.2. The van der Waals surface area contributed by atoms with Gasteiger partial charge in [-0.25, -0.2) is 13.6 Å². The molecule has 4 nitrogen and oxygen atoms in total. The van der Waals surface area contributed by atoms with E-state index in [0.717, 1.165) is 17.7 Å². The van der Waals surface area contributed by atoms with Gasteiger partial charge in [-0.1, -0.05) is 45.9 Å². The zero-order valence-corrected chi connectivity index (χ0v) is 13.5. The van der Waals surface area contributed by atoms with Crippen LogP contribution in [0.25, 0.3) is 0 Å². The Morgan fingerprint density at radius 1 is 1.30 bits per heavy atom. The van der Waals surface area contributed by atoms with Crippen LogP contribution in [0.4, 0.5) is 0 Å². The van der Waals surface area contributed by atoms with Crippen molar-refractivity contribution in [3.8, 4) is 5.75 Å². The predicted molar refractivity (Wildman–Crippen MR) is 82.4 cm³/mol. The molecule has 0 aliphatic heterocycles. The van der Waals surface area contributed by atoms with Gasteiger partial charge < -0.3 is 4.74 Å². The molecular weight excluding hydrogens is 274 g/mol. The smallest absolute Gasteiger partial charge is 0.209 e. The monoisotopic (exact) mass is 299 g/mol. The summed E-state index contributed by atoms with van der Waals surface area (Å²) in [6.07, 6.45) is 1.03. The first kappa shape index (κ1) is 17.0. The topological polar surface area (TPSA) is 69.4 Å². The molecule has 0 aliphatic carbocycles. The number of hydrogen-bond acceptors (Lipinski definition) is 3. The van der Waals surface area contributed by atoms with Crippen LogP contribution in [0.3, 0.4) is 0 Å². The molecule has 0 amide bonds. The Labute approximate surface area is 122 Å². The Morgan fingerprint density at radius 3 is 2.45 bits per heavy atom. The fourth-order valence-corrected chi connectivity index (χ4v) is 3.27. The van der Waals surface area contributed by atoms with Crippen molar-refractivity contribution in [3.05, 3.63) is 29.8 Å². The highest BCUT2D eigenvalue weighted by Crippen LogP contribution is 2.30. The molecule has 1 unspecified atom stereocenters. The van der Waals surface area contributed by atoms with Crippen LogP contribution in [0.15, 0.2) is 24.3 Å². The minimum atomic E-state index is -3.50. The Balaban J connectivity index is 2.80. The maximum absolute atomic E-state index is 11.2. The first-order chi connectivity index (χ1) is 9.14. The number of sulfonamides is 1. The van der Waals surface area contributed by atoms with E-state index in [1.165, 1.54) is 0 Å². The van der Waals surface area contributed by atoms with Gasteiger partial charge in [-0.15, -0.1) is 0 Å². The molecule has 0 saturated heterocycles. The Kier molecular flexibility index (Phi) is 5.59. The predicted octanol–water partition coefficient (Wildman–Crippen LogP) is 2.89. The summed E-state index contributed by atoms with van der Waals surface area (Å²) in [5.41, 5.74) is 0.636. The fraction of sp³-hybridized carbons (Fsp3) is 0.600. The zero-order chi connectivity index (χ0) is 15.4. The highest BCUT2D eigenvalue weighted by molar-refractivity contribution is 7.89. The minimum absolute atomic E-state index is 0.0918. The van der Waals surface area contributed by atoms with Crippen LogP contribution < -0.4 is 9.88 Å². The number of nitrogens with two attached hydrogens (primary N) is 1. The van der Waals surface area contributed by atoms with Crippen molar-refractivity contribution >= 4 is 10.0 Å². The van der Waals surface area contributed by atoms with Crippen LogP contribution in [0.5, 0.6) is 5.75 Å². The average molecular weight is 299 g/mol. The van der Waals surface area contributed by atoms with Crippen LogP contribution in [0, 0.1) is 5.41 Å². The van der Waals surface area contributed by atoms with Crippen LogP contribution >= 0.6 is 0 Å². The lowest BCUT2D eigenvalue weighted by molar-refractivity contribution is 0.197. The second-order valence-corrected chi connectivity index (χ2v) is 7.72. The summed E-state index contributed by atoms with van der Waals surface area (Å²) < 4.78 is 28.3. The average Bonchev–Trinajstić information content (AvgIpc) is 2.33. The summed E-state index contributed by atoms with van der Waals surface area (Å²) in [6, 6.07) is 7.89. The second kappa shape index (κ2) is 6.59. The summed E-state index contributed by atoms with van der Waals surface area (Å²) in [4.78, 5) is 0. The lowest BCUT2D eigenvalue weighted by Crippen LogP contribution is -2.33.